The minimum atomic E-state index is 0.116. The molecule has 310 valence electrons. The Morgan fingerprint density at radius 2 is 1.11 bits per heavy atom. The van der Waals surface area contributed by atoms with E-state index < -0.39 is 0 Å². The van der Waals surface area contributed by atoms with Crippen molar-refractivity contribution in [1.82, 2.24) is 4.57 Å². The van der Waals surface area contributed by atoms with E-state index in [2.05, 4.69) is 218 Å². The normalized spacial score (nSPS) is 17.9. The van der Waals surface area contributed by atoms with Crippen LogP contribution in [0.1, 0.15) is 35.6 Å². The molecular formula is C63H42N2O. The summed E-state index contributed by atoms with van der Waals surface area (Å²) in [5, 5.41) is 12.0. The van der Waals surface area contributed by atoms with Gasteiger partial charge in [-0.2, -0.15) is 0 Å². The fourth-order valence-electron chi connectivity index (χ4n) is 11.1. The lowest BCUT2D eigenvalue weighted by Crippen LogP contribution is -2.16. The lowest BCUT2D eigenvalue weighted by molar-refractivity contribution is 0.669. The van der Waals surface area contributed by atoms with Crippen LogP contribution in [0.25, 0.3) is 104 Å². The number of aromatic nitrogens is 1. The molecule has 0 aliphatic carbocycles. The molecule has 2 aromatic heterocycles. The van der Waals surface area contributed by atoms with Gasteiger partial charge in [-0.05, 0) is 121 Å². The molecule has 14 rings (SSSR count). The van der Waals surface area contributed by atoms with Crippen LogP contribution in [0.2, 0.25) is 0 Å². The average Bonchev–Trinajstić information content (AvgIpc) is 3.89. The highest BCUT2D eigenvalue weighted by Crippen LogP contribution is 2.48. The van der Waals surface area contributed by atoms with Crippen molar-refractivity contribution in [2.24, 2.45) is 10.9 Å². The summed E-state index contributed by atoms with van der Waals surface area (Å²) < 4.78 is 9.47. The van der Waals surface area contributed by atoms with Crippen molar-refractivity contribution in [2.75, 3.05) is 0 Å². The average molecular weight is 843 g/mol. The fraction of sp³-hybridized carbons (Fsp3) is 0.0635. The van der Waals surface area contributed by atoms with Gasteiger partial charge in [0.1, 0.15) is 11.2 Å². The van der Waals surface area contributed by atoms with E-state index in [0.29, 0.717) is 6.42 Å². The third-order valence-electron chi connectivity index (χ3n) is 14.4. The summed E-state index contributed by atoms with van der Waals surface area (Å²) in [6.07, 6.45) is 4.04. The first-order valence-corrected chi connectivity index (χ1v) is 23.1. The number of furan rings is 1. The molecule has 3 heteroatoms. The molecule has 66 heavy (non-hydrogen) atoms. The number of fused-ring (bicyclic) bond motifs is 15. The maximum Gasteiger partial charge on any atom is 0.136 e. The summed E-state index contributed by atoms with van der Waals surface area (Å²) in [6.45, 7) is 2.35. The van der Waals surface area contributed by atoms with Gasteiger partial charge in [0.05, 0.1) is 28.1 Å². The second-order valence-electron chi connectivity index (χ2n) is 18.3. The van der Waals surface area contributed by atoms with E-state index in [-0.39, 0.29) is 5.92 Å². The third-order valence-corrected chi connectivity index (χ3v) is 14.4. The van der Waals surface area contributed by atoms with E-state index >= 15 is 0 Å². The lowest BCUT2D eigenvalue weighted by Gasteiger charge is -2.25. The second-order valence-corrected chi connectivity index (χ2v) is 18.3. The molecule has 0 saturated carbocycles. The maximum absolute atomic E-state index is 6.93. The first kappa shape index (κ1) is 37.1. The van der Waals surface area contributed by atoms with Gasteiger partial charge in [-0.1, -0.05) is 165 Å². The highest BCUT2D eigenvalue weighted by molar-refractivity contribution is 6.20. The molecule has 1 unspecified atom stereocenters. The molecule has 2 aliphatic heterocycles. The Morgan fingerprint density at radius 3 is 1.88 bits per heavy atom. The highest BCUT2D eigenvalue weighted by atomic mass is 16.3. The van der Waals surface area contributed by atoms with Crippen LogP contribution in [0.15, 0.2) is 221 Å². The summed E-state index contributed by atoms with van der Waals surface area (Å²) in [6, 6.07) is 73.6. The number of rotatable bonds is 3. The predicted molar refractivity (Wildman–Crippen MR) is 278 cm³/mol. The number of aliphatic imine (C=N–C) groups is 1. The molecule has 3 nitrogen and oxygen atoms in total. The van der Waals surface area contributed by atoms with Crippen LogP contribution < -0.4 is 0 Å². The zero-order valence-corrected chi connectivity index (χ0v) is 36.4. The molecule has 4 heterocycles. The van der Waals surface area contributed by atoms with Crippen molar-refractivity contribution in [3.8, 4) is 16.8 Å². The van der Waals surface area contributed by atoms with Crippen molar-refractivity contribution in [3.63, 3.8) is 0 Å². The molecule has 2 bridgehead atoms. The lowest BCUT2D eigenvalue weighted by atomic mass is 9.83. The number of allylic oxidation sites excluding steroid dienone is 3. The largest absolute Gasteiger partial charge is 0.456 e. The minimum absolute atomic E-state index is 0.116. The molecule has 0 saturated heterocycles. The molecular weight excluding hydrogens is 801 g/mol. The highest BCUT2D eigenvalue weighted by Gasteiger charge is 2.30. The van der Waals surface area contributed by atoms with Crippen LogP contribution in [0.4, 0.5) is 0 Å². The Morgan fingerprint density at radius 1 is 0.485 bits per heavy atom. The van der Waals surface area contributed by atoms with E-state index in [4.69, 9.17) is 9.41 Å². The van der Waals surface area contributed by atoms with Crippen molar-refractivity contribution in [3.05, 3.63) is 234 Å². The molecule has 12 aromatic rings. The zero-order valence-electron chi connectivity index (χ0n) is 36.4. The molecule has 1 atom stereocenters. The van der Waals surface area contributed by atoms with Crippen LogP contribution in [-0.4, -0.2) is 10.3 Å². The Balaban J connectivity index is 1.13. The first-order valence-electron chi connectivity index (χ1n) is 23.1. The number of hydrogen-bond donors (Lipinski definition) is 0. The predicted octanol–water partition coefficient (Wildman–Crippen LogP) is 16.7. The molecule has 0 fully saturated rings. The maximum atomic E-state index is 6.93. The van der Waals surface area contributed by atoms with Crippen molar-refractivity contribution < 1.29 is 4.42 Å². The van der Waals surface area contributed by atoms with Gasteiger partial charge >= 0.3 is 0 Å². The Bertz CT molecular complexity index is 4100. The van der Waals surface area contributed by atoms with Gasteiger partial charge in [-0.15, -0.1) is 0 Å². The summed E-state index contributed by atoms with van der Waals surface area (Å²) >= 11 is 0. The van der Waals surface area contributed by atoms with E-state index in [1.807, 2.05) is 0 Å². The summed E-state index contributed by atoms with van der Waals surface area (Å²) in [7, 11) is 0. The van der Waals surface area contributed by atoms with Crippen LogP contribution in [0.5, 0.6) is 0 Å². The molecule has 2 aliphatic rings. The van der Waals surface area contributed by atoms with Gasteiger partial charge in [-0.25, -0.2) is 0 Å². The fourth-order valence-corrected chi connectivity index (χ4v) is 11.1. The minimum Gasteiger partial charge on any atom is -0.456 e. The second kappa shape index (κ2) is 14.4. The van der Waals surface area contributed by atoms with Crippen LogP contribution in [-0.2, 0) is 6.42 Å². The van der Waals surface area contributed by atoms with Gasteiger partial charge in [0.2, 0.25) is 0 Å². The van der Waals surface area contributed by atoms with Gasteiger partial charge in [-0.3, -0.25) is 4.99 Å². The summed E-state index contributed by atoms with van der Waals surface area (Å²) in [4.78, 5) is 5.98. The van der Waals surface area contributed by atoms with Gasteiger partial charge < -0.3 is 8.98 Å². The van der Waals surface area contributed by atoms with Crippen molar-refractivity contribution in [2.45, 2.75) is 19.8 Å². The van der Waals surface area contributed by atoms with E-state index in [0.717, 1.165) is 56.6 Å². The van der Waals surface area contributed by atoms with E-state index in [9.17, 15) is 0 Å². The van der Waals surface area contributed by atoms with Gasteiger partial charge in [0.15, 0.2) is 0 Å². The standard InChI is InChI=1S/C63H42N2O/c1-38-19-27-51-53(63(43-24-21-42(22-25-43)40-11-3-2-4-12-40)64-62(38)49-26-23-41-13-5-6-14-44(41)33-49)31-39-20-28-50-52-34-45-15-7-9-17-47(45)36-57(52)65(56(50)32-39)55-29-30-58-61(60(51)55)54-35-46-16-8-10-18-48(46)37-59(54)66-58/h2-18,20-30,32-38H,19,31H2,1H3/b51-27-,63-53-,64-62+. The molecule has 0 amide bonds. The quantitative estimate of drug-likeness (QED) is 0.174. The number of hydrogen-bond acceptors (Lipinski definition) is 2. The van der Waals surface area contributed by atoms with Crippen LogP contribution in [0, 0.1) is 5.92 Å². The third kappa shape index (κ3) is 5.73. The van der Waals surface area contributed by atoms with Crippen molar-refractivity contribution >= 4 is 93.0 Å². The monoisotopic (exact) mass is 842 g/mol. The summed E-state index contributed by atoms with van der Waals surface area (Å²) in [5.41, 5.74) is 16.9. The SMILES string of the molecule is CC1C/C=C2/C(=C(c3ccc(-c4ccccc4)cc3)\N=C/1c1ccc3ccccc3c1)Cc1ccc3c4cc5ccccc5cc4n(c3c1)-c1ccc3oc4cc5ccccc5cc4c3c12. The molecule has 0 radical (unpaired) electrons. The molecule has 10 aromatic carbocycles. The van der Waals surface area contributed by atoms with Crippen LogP contribution >= 0.6 is 0 Å². The zero-order chi connectivity index (χ0) is 43.5. The van der Waals surface area contributed by atoms with E-state index in [1.165, 1.54) is 87.5 Å². The molecule has 0 spiro atoms. The van der Waals surface area contributed by atoms with Gasteiger partial charge in [0, 0.05) is 45.0 Å². The van der Waals surface area contributed by atoms with Crippen LogP contribution in [0.3, 0.4) is 0 Å². The Hall–Kier alpha value is -8.27. The Labute approximate surface area is 381 Å². The Kier molecular flexibility index (Phi) is 8.09. The van der Waals surface area contributed by atoms with Crippen molar-refractivity contribution in [1.29, 1.82) is 0 Å². The molecule has 0 N–H and O–H groups in total. The number of nitrogens with zero attached hydrogens (tertiary/aromatic N) is 2. The van der Waals surface area contributed by atoms with E-state index in [1.54, 1.807) is 0 Å². The first-order chi connectivity index (χ1) is 32.6. The number of benzene rings is 10. The summed E-state index contributed by atoms with van der Waals surface area (Å²) in [5.74, 6) is 0.116. The van der Waals surface area contributed by atoms with Gasteiger partial charge in [0.25, 0.3) is 0 Å². The topological polar surface area (TPSA) is 30.4 Å². The smallest absolute Gasteiger partial charge is 0.136 e.